The van der Waals surface area contributed by atoms with Gasteiger partial charge in [0, 0.05) is 43.4 Å². The maximum Gasteiger partial charge on any atom is 0.240 e. The van der Waals surface area contributed by atoms with Crippen LogP contribution in [0.25, 0.3) is 11.0 Å². The molecule has 0 radical (unpaired) electrons. The predicted octanol–water partition coefficient (Wildman–Crippen LogP) is 2.96. The summed E-state index contributed by atoms with van der Waals surface area (Å²) in [5.74, 6) is 0.910. The second kappa shape index (κ2) is 10.1. The first kappa shape index (κ1) is 23.3. The van der Waals surface area contributed by atoms with E-state index in [1.807, 2.05) is 10.7 Å². The van der Waals surface area contributed by atoms with E-state index in [1.165, 1.54) is 0 Å². The summed E-state index contributed by atoms with van der Waals surface area (Å²) in [7, 11) is -3.71. The third-order valence-electron chi connectivity index (χ3n) is 6.29. The van der Waals surface area contributed by atoms with E-state index in [9.17, 15) is 8.42 Å². The van der Waals surface area contributed by atoms with Crippen LogP contribution in [0.5, 0.6) is 0 Å². The van der Waals surface area contributed by atoms with Crippen LogP contribution in [-0.2, 0) is 23.1 Å². The molecule has 1 saturated carbocycles. The number of benzene rings is 1. The lowest BCUT2D eigenvalue weighted by molar-refractivity contribution is 0.288. The van der Waals surface area contributed by atoms with Gasteiger partial charge in [0.1, 0.15) is 0 Å². The Bertz CT molecular complexity index is 1400. The van der Waals surface area contributed by atoms with Gasteiger partial charge in [-0.05, 0) is 61.4 Å². The van der Waals surface area contributed by atoms with Crippen molar-refractivity contribution in [2.75, 3.05) is 5.32 Å². The fourth-order valence-electron chi connectivity index (χ4n) is 4.31. The third-order valence-corrected chi connectivity index (χ3v) is 7.69. The molecule has 182 valence electrons. The summed E-state index contributed by atoms with van der Waals surface area (Å²) in [6.07, 6.45) is 11.0. The quantitative estimate of drug-likeness (QED) is 0.341. The second-order valence-corrected chi connectivity index (χ2v) is 10.7. The smallest absolute Gasteiger partial charge is 0.240 e. The molecule has 35 heavy (non-hydrogen) atoms. The van der Waals surface area contributed by atoms with Crippen LogP contribution >= 0.6 is 0 Å². The molecule has 0 aliphatic heterocycles. The predicted molar refractivity (Wildman–Crippen MR) is 133 cm³/mol. The fraction of sp³-hybridized carbons (Fsp3) is 0.333. The number of nitrogens with one attached hydrogen (secondary N) is 2. The zero-order valence-electron chi connectivity index (χ0n) is 19.2. The highest BCUT2D eigenvalue weighted by Crippen LogP contribution is 2.26. The van der Waals surface area contributed by atoms with Gasteiger partial charge >= 0.3 is 0 Å². The number of sulfonamides is 1. The molecule has 11 heteroatoms. The number of rotatable bonds is 8. The molecular formula is C24H28N8O2S. The number of pyridine rings is 1. The first-order chi connectivity index (χ1) is 17.0. The summed E-state index contributed by atoms with van der Waals surface area (Å²) in [5.41, 5.74) is 8.14. The molecule has 0 unspecified atom stereocenters. The maximum absolute atomic E-state index is 12.8. The Morgan fingerprint density at radius 1 is 1.06 bits per heavy atom. The number of aromatic nitrogens is 5. The van der Waals surface area contributed by atoms with Gasteiger partial charge in [-0.1, -0.05) is 12.1 Å². The van der Waals surface area contributed by atoms with Crippen LogP contribution in [0.3, 0.4) is 0 Å². The molecule has 1 aliphatic carbocycles. The normalized spacial score (nSPS) is 18.5. The van der Waals surface area contributed by atoms with Crippen molar-refractivity contribution in [2.24, 2.45) is 11.7 Å². The van der Waals surface area contributed by atoms with E-state index in [-0.39, 0.29) is 11.4 Å². The topological polar surface area (TPSA) is 141 Å². The van der Waals surface area contributed by atoms with Gasteiger partial charge in [0.05, 0.1) is 16.5 Å². The maximum atomic E-state index is 12.8. The molecule has 4 aromatic rings. The highest BCUT2D eigenvalue weighted by atomic mass is 32.2. The Labute approximate surface area is 204 Å². The van der Waals surface area contributed by atoms with Gasteiger partial charge in [0.25, 0.3) is 0 Å². The third kappa shape index (κ3) is 5.64. The van der Waals surface area contributed by atoms with Crippen molar-refractivity contribution >= 4 is 32.7 Å². The summed E-state index contributed by atoms with van der Waals surface area (Å²) >= 11 is 0. The number of hydrogen-bond acceptors (Lipinski definition) is 8. The Morgan fingerprint density at radius 3 is 2.71 bits per heavy atom. The van der Waals surface area contributed by atoms with E-state index in [1.54, 1.807) is 55.1 Å². The van der Waals surface area contributed by atoms with Crippen LogP contribution in [0.4, 0.5) is 11.6 Å². The van der Waals surface area contributed by atoms with Gasteiger partial charge < -0.3 is 11.1 Å². The van der Waals surface area contributed by atoms with Crippen LogP contribution in [0.1, 0.15) is 31.2 Å². The number of fused-ring (bicyclic) bond motifs is 1. The van der Waals surface area contributed by atoms with E-state index in [0.29, 0.717) is 23.6 Å². The van der Waals surface area contributed by atoms with Crippen LogP contribution in [0.2, 0.25) is 0 Å². The Balaban J connectivity index is 1.30. The summed E-state index contributed by atoms with van der Waals surface area (Å²) in [5, 5.41) is 8.50. The largest absolute Gasteiger partial charge is 0.328 e. The lowest BCUT2D eigenvalue weighted by Gasteiger charge is -2.25. The van der Waals surface area contributed by atoms with Gasteiger partial charge in [-0.2, -0.15) is 10.1 Å². The van der Waals surface area contributed by atoms with Gasteiger partial charge in [-0.15, -0.1) is 0 Å². The monoisotopic (exact) mass is 492 g/mol. The molecule has 5 rings (SSSR count). The summed E-state index contributed by atoms with van der Waals surface area (Å²) in [6, 6.07) is 10.4. The fourth-order valence-corrected chi connectivity index (χ4v) is 5.37. The number of anilines is 2. The van der Waals surface area contributed by atoms with Crippen molar-refractivity contribution < 1.29 is 8.42 Å². The van der Waals surface area contributed by atoms with Gasteiger partial charge in [-0.25, -0.2) is 22.8 Å². The van der Waals surface area contributed by atoms with Crippen molar-refractivity contribution in [2.45, 2.75) is 49.7 Å². The van der Waals surface area contributed by atoms with Gasteiger partial charge in [-0.3, -0.25) is 4.98 Å². The van der Waals surface area contributed by atoms with Crippen molar-refractivity contribution in [3.05, 3.63) is 66.7 Å². The molecule has 0 atom stereocenters. The second-order valence-electron chi connectivity index (χ2n) is 8.92. The minimum Gasteiger partial charge on any atom is -0.328 e. The number of nitrogens with zero attached hydrogens (tertiary/aromatic N) is 5. The summed E-state index contributed by atoms with van der Waals surface area (Å²) < 4.78 is 30.1. The molecule has 1 fully saturated rings. The van der Waals surface area contributed by atoms with Crippen molar-refractivity contribution in [1.82, 2.24) is 29.5 Å². The average Bonchev–Trinajstić information content (AvgIpc) is 3.27. The Morgan fingerprint density at radius 2 is 1.91 bits per heavy atom. The van der Waals surface area contributed by atoms with Crippen LogP contribution < -0.4 is 15.8 Å². The van der Waals surface area contributed by atoms with E-state index < -0.39 is 10.0 Å². The minimum absolute atomic E-state index is 0.146. The van der Waals surface area contributed by atoms with E-state index >= 15 is 0 Å². The summed E-state index contributed by atoms with van der Waals surface area (Å²) in [4.78, 5) is 13.2. The molecule has 0 saturated heterocycles. The van der Waals surface area contributed by atoms with E-state index in [0.717, 1.165) is 48.8 Å². The Kier molecular flexibility index (Phi) is 6.71. The highest BCUT2D eigenvalue weighted by molar-refractivity contribution is 7.89. The number of hydrogen-bond donors (Lipinski definition) is 3. The first-order valence-corrected chi connectivity index (χ1v) is 13.1. The average molecular weight is 493 g/mol. The number of nitrogens with two attached hydrogens (primary N) is 1. The van der Waals surface area contributed by atoms with Crippen molar-refractivity contribution in [3.63, 3.8) is 0 Å². The first-order valence-electron chi connectivity index (χ1n) is 11.7. The molecule has 3 aromatic heterocycles. The molecule has 1 aliphatic rings. The van der Waals surface area contributed by atoms with Crippen molar-refractivity contribution in [1.29, 1.82) is 0 Å². The van der Waals surface area contributed by atoms with Gasteiger partial charge in [0.15, 0.2) is 5.65 Å². The van der Waals surface area contributed by atoms with Crippen molar-refractivity contribution in [3.8, 4) is 0 Å². The molecular weight excluding hydrogens is 464 g/mol. The molecule has 0 amide bonds. The van der Waals surface area contributed by atoms with Gasteiger partial charge in [0.2, 0.25) is 16.0 Å². The molecule has 3 heterocycles. The van der Waals surface area contributed by atoms with Crippen LogP contribution in [0, 0.1) is 5.92 Å². The lowest BCUT2D eigenvalue weighted by atomic mass is 9.86. The standard InChI is InChI=1S/C24H28N8O2S/c25-20-8-6-17(7-9-20)16-32-23-19(15-28-32)14-27-24(31-23)30-21-4-1-5-22(11-21)35(33,34)29-13-18-3-2-10-26-12-18/h1-5,10-12,14-15,17,20,29H,6-9,13,16,25H2,(H,27,30,31). The molecule has 4 N–H and O–H groups in total. The van der Waals surface area contributed by atoms with E-state index in [4.69, 9.17) is 5.73 Å². The lowest BCUT2D eigenvalue weighted by Crippen LogP contribution is -2.28. The molecule has 1 aromatic carbocycles. The highest BCUT2D eigenvalue weighted by Gasteiger charge is 2.20. The van der Waals surface area contributed by atoms with Crippen LogP contribution in [-0.4, -0.2) is 39.2 Å². The molecule has 0 spiro atoms. The zero-order chi connectivity index (χ0) is 24.3. The minimum atomic E-state index is -3.71. The van der Waals surface area contributed by atoms with E-state index in [2.05, 4.69) is 30.1 Å². The van der Waals surface area contributed by atoms with Crippen LogP contribution in [0.15, 0.2) is 66.1 Å². The molecule has 0 bridgehead atoms. The SMILES string of the molecule is NC1CCC(Cn2ncc3cnc(Nc4cccc(S(=O)(=O)NCc5cccnc5)c4)nc32)CC1. The molecule has 10 nitrogen and oxygen atoms in total. The Hall–Kier alpha value is -3.41. The zero-order valence-corrected chi connectivity index (χ0v) is 20.0. The summed E-state index contributed by atoms with van der Waals surface area (Å²) in [6.45, 7) is 0.952.